The van der Waals surface area contributed by atoms with E-state index in [2.05, 4.69) is 38.2 Å². The highest BCUT2D eigenvalue weighted by Crippen LogP contribution is 2.21. The maximum atomic E-state index is 5.21. The second-order valence-corrected chi connectivity index (χ2v) is 6.18. The lowest BCUT2D eigenvalue weighted by atomic mass is 10.0. The predicted octanol–water partition coefficient (Wildman–Crippen LogP) is 4.27. The Morgan fingerprint density at radius 3 is 2.42 bits per heavy atom. The Morgan fingerprint density at radius 2 is 1.89 bits per heavy atom. The molecule has 0 amide bonds. The van der Waals surface area contributed by atoms with E-state index in [9.17, 15) is 0 Å². The van der Waals surface area contributed by atoms with Crippen LogP contribution in [0.5, 0.6) is 5.75 Å². The molecule has 1 rings (SSSR count). The van der Waals surface area contributed by atoms with E-state index in [0.717, 1.165) is 12.2 Å². The van der Waals surface area contributed by atoms with Crippen molar-refractivity contribution in [3.8, 4) is 5.75 Å². The van der Waals surface area contributed by atoms with Gasteiger partial charge in [-0.2, -0.15) is 11.8 Å². The molecule has 0 saturated carbocycles. The van der Waals surface area contributed by atoms with Crippen LogP contribution in [0.25, 0.3) is 0 Å². The zero-order valence-electron chi connectivity index (χ0n) is 12.6. The molecule has 19 heavy (non-hydrogen) atoms. The number of methoxy groups -OCH3 is 1. The maximum absolute atomic E-state index is 5.21. The quantitative estimate of drug-likeness (QED) is 0.683. The van der Waals surface area contributed by atoms with Crippen molar-refractivity contribution in [2.45, 2.75) is 45.7 Å². The third-order valence-corrected chi connectivity index (χ3v) is 4.24. The number of ether oxygens (including phenoxy) is 1. The Labute approximate surface area is 122 Å². The minimum atomic E-state index is 0.438. The standard InChI is InChI=1S/C16H27NOS/c1-5-16(17-13(3)11-12-19-6-2)14-7-9-15(18-4)10-8-14/h7-10,13,16-17H,5-6,11-12H2,1-4H3. The predicted molar refractivity (Wildman–Crippen MR) is 86.2 cm³/mol. The van der Waals surface area contributed by atoms with E-state index in [-0.39, 0.29) is 0 Å². The molecule has 0 radical (unpaired) electrons. The normalized spacial score (nSPS) is 14.1. The van der Waals surface area contributed by atoms with Gasteiger partial charge in [-0.3, -0.25) is 0 Å². The van der Waals surface area contributed by atoms with Gasteiger partial charge >= 0.3 is 0 Å². The Bertz CT molecular complexity index is 339. The number of rotatable bonds is 9. The van der Waals surface area contributed by atoms with Gasteiger partial charge in [0.25, 0.3) is 0 Å². The molecule has 1 aromatic carbocycles. The summed E-state index contributed by atoms with van der Waals surface area (Å²) in [5.41, 5.74) is 1.35. The molecule has 3 heteroatoms. The highest BCUT2D eigenvalue weighted by molar-refractivity contribution is 7.99. The number of thioether (sulfide) groups is 1. The zero-order valence-corrected chi connectivity index (χ0v) is 13.4. The van der Waals surface area contributed by atoms with Gasteiger partial charge in [0, 0.05) is 12.1 Å². The van der Waals surface area contributed by atoms with Crippen molar-refractivity contribution in [2.24, 2.45) is 0 Å². The van der Waals surface area contributed by atoms with E-state index in [4.69, 9.17) is 4.74 Å². The molecule has 0 saturated heterocycles. The van der Waals surface area contributed by atoms with Gasteiger partial charge in [0.2, 0.25) is 0 Å². The molecule has 1 aromatic rings. The van der Waals surface area contributed by atoms with Crippen molar-refractivity contribution in [3.63, 3.8) is 0 Å². The molecule has 2 atom stereocenters. The number of benzene rings is 1. The molecular weight excluding hydrogens is 254 g/mol. The minimum absolute atomic E-state index is 0.438. The van der Waals surface area contributed by atoms with Crippen LogP contribution >= 0.6 is 11.8 Å². The van der Waals surface area contributed by atoms with Gasteiger partial charge in [0.15, 0.2) is 0 Å². The summed E-state index contributed by atoms with van der Waals surface area (Å²) in [7, 11) is 1.71. The van der Waals surface area contributed by atoms with Crippen LogP contribution in [0.3, 0.4) is 0 Å². The molecule has 0 aromatic heterocycles. The molecule has 0 aliphatic heterocycles. The summed E-state index contributed by atoms with van der Waals surface area (Å²) >= 11 is 2.02. The molecule has 0 heterocycles. The molecule has 2 nitrogen and oxygen atoms in total. The molecule has 0 aliphatic rings. The summed E-state index contributed by atoms with van der Waals surface area (Å²) in [5.74, 6) is 3.37. The van der Waals surface area contributed by atoms with Crippen LogP contribution in [0, 0.1) is 0 Å². The number of nitrogens with one attached hydrogen (secondary N) is 1. The van der Waals surface area contributed by atoms with Gasteiger partial charge < -0.3 is 10.1 Å². The first-order chi connectivity index (χ1) is 9.21. The number of hydrogen-bond donors (Lipinski definition) is 1. The first-order valence-electron chi connectivity index (χ1n) is 7.19. The average Bonchev–Trinajstić information content (AvgIpc) is 2.45. The summed E-state index contributed by atoms with van der Waals surface area (Å²) in [6.45, 7) is 6.73. The maximum Gasteiger partial charge on any atom is 0.118 e. The lowest BCUT2D eigenvalue weighted by Gasteiger charge is -2.23. The molecule has 108 valence electrons. The molecule has 2 unspecified atom stereocenters. The summed E-state index contributed by atoms with van der Waals surface area (Å²) < 4.78 is 5.21. The van der Waals surface area contributed by atoms with E-state index in [1.807, 2.05) is 23.9 Å². The Kier molecular flexibility index (Phi) is 7.99. The minimum Gasteiger partial charge on any atom is -0.497 e. The summed E-state index contributed by atoms with van der Waals surface area (Å²) in [5, 5.41) is 3.73. The van der Waals surface area contributed by atoms with Crippen LogP contribution in [0.1, 0.15) is 45.2 Å². The molecule has 0 aliphatic carbocycles. The summed E-state index contributed by atoms with van der Waals surface area (Å²) in [6.07, 6.45) is 2.34. The third kappa shape index (κ3) is 5.87. The second-order valence-electron chi connectivity index (χ2n) is 4.79. The fourth-order valence-corrected chi connectivity index (χ4v) is 2.93. The van der Waals surface area contributed by atoms with E-state index in [0.29, 0.717) is 12.1 Å². The van der Waals surface area contributed by atoms with Crippen LogP contribution in [-0.4, -0.2) is 24.7 Å². The van der Waals surface area contributed by atoms with Gasteiger partial charge in [-0.05, 0) is 49.0 Å². The number of hydrogen-bond acceptors (Lipinski definition) is 3. The van der Waals surface area contributed by atoms with Gasteiger partial charge in [-0.15, -0.1) is 0 Å². The van der Waals surface area contributed by atoms with E-state index >= 15 is 0 Å². The van der Waals surface area contributed by atoms with Crippen molar-refractivity contribution in [1.82, 2.24) is 5.32 Å². The van der Waals surface area contributed by atoms with Crippen LogP contribution in [0.2, 0.25) is 0 Å². The molecule has 1 N–H and O–H groups in total. The monoisotopic (exact) mass is 281 g/mol. The molecule has 0 bridgehead atoms. The van der Waals surface area contributed by atoms with Gasteiger partial charge in [-0.25, -0.2) is 0 Å². The van der Waals surface area contributed by atoms with Crippen LogP contribution in [0.4, 0.5) is 0 Å². The van der Waals surface area contributed by atoms with Crippen molar-refractivity contribution in [2.75, 3.05) is 18.6 Å². The first kappa shape index (κ1) is 16.4. The van der Waals surface area contributed by atoms with Crippen molar-refractivity contribution < 1.29 is 4.74 Å². The van der Waals surface area contributed by atoms with E-state index in [1.165, 1.54) is 23.5 Å². The third-order valence-electron chi connectivity index (χ3n) is 3.31. The van der Waals surface area contributed by atoms with Crippen molar-refractivity contribution >= 4 is 11.8 Å². The van der Waals surface area contributed by atoms with Crippen molar-refractivity contribution in [1.29, 1.82) is 0 Å². The fraction of sp³-hybridized carbons (Fsp3) is 0.625. The average molecular weight is 281 g/mol. The molecule has 0 fully saturated rings. The smallest absolute Gasteiger partial charge is 0.118 e. The zero-order chi connectivity index (χ0) is 14.1. The summed E-state index contributed by atoms with van der Waals surface area (Å²) in [4.78, 5) is 0. The molecule has 0 spiro atoms. The Hall–Kier alpha value is -0.670. The Balaban J connectivity index is 2.51. The van der Waals surface area contributed by atoms with Crippen LogP contribution in [0.15, 0.2) is 24.3 Å². The van der Waals surface area contributed by atoms with Gasteiger partial charge in [0.1, 0.15) is 5.75 Å². The van der Waals surface area contributed by atoms with Gasteiger partial charge in [-0.1, -0.05) is 26.0 Å². The van der Waals surface area contributed by atoms with E-state index < -0.39 is 0 Å². The Morgan fingerprint density at radius 1 is 1.21 bits per heavy atom. The lowest BCUT2D eigenvalue weighted by Crippen LogP contribution is -2.30. The van der Waals surface area contributed by atoms with Crippen LogP contribution < -0.4 is 10.1 Å². The van der Waals surface area contributed by atoms with Crippen molar-refractivity contribution in [3.05, 3.63) is 29.8 Å². The lowest BCUT2D eigenvalue weighted by molar-refractivity contribution is 0.413. The first-order valence-corrected chi connectivity index (χ1v) is 8.34. The highest BCUT2D eigenvalue weighted by atomic mass is 32.2. The molecular formula is C16H27NOS. The fourth-order valence-electron chi connectivity index (χ4n) is 2.12. The van der Waals surface area contributed by atoms with Crippen LogP contribution in [-0.2, 0) is 0 Å². The van der Waals surface area contributed by atoms with Gasteiger partial charge in [0.05, 0.1) is 7.11 Å². The highest BCUT2D eigenvalue weighted by Gasteiger charge is 2.12. The topological polar surface area (TPSA) is 21.3 Å². The summed E-state index contributed by atoms with van der Waals surface area (Å²) in [6, 6.07) is 9.40. The second kappa shape index (κ2) is 9.27. The van der Waals surface area contributed by atoms with E-state index in [1.54, 1.807) is 7.11 Å². The largest absolute Gasteiger partial charge is 0.497 e. The SMILES string of the molecule is CCSCCC(C)NC(CC)c1ccc(OC)cc1.